The average Bonchev–Trinajstić information content (AvgIpc) is 2.41. The molecule has 0 saturated heterocycles. The smallest absolute Gasteiger partial charge is 0.315 e. The first kappa shape index (κ1) is 15.8. The molecule has 2 amide bonds. The van der Waals surface area contributed by atoms with E-state index in [1.54, 1.807) is 6.07 Å². The number of nitrogens with one attached hydrogen (secondary N) is 2. The van der Waals surface area contributed by atoms with E-state index in [9.17, 15) is 14.3 Å². The lowest BCUT2D eigenvalue weighted by molar-refractivity contribution is 0.117. The first-order chi connectivity index (χ1) is 10.0. The van der Waals surface area contributed by atoms with Gasteiger partial charge in [-0.3, -0.25) is 0 Å². The molecule has 21 heavy (non-hydrogen) atoms. The zero-order chi connectivity index (χ0) is 15.2. The maximum Gasteiger partial charge on any atom is 0.315 e. The van der Waals surface area contributed by atoms with Crippen LogP contribution >= 0.6 is 0 Å². The molecule has 4 nitrogen and oxygen atoms in total. The quantitative estimate of drug-likeness (QED) is 0.798. The minimum atomic E-state index is -0.259. The SMILES string of the molecule is CC(Cc1cccc(F)c1)NC(=O)NC1CCC(O)CC1. The van der Waals surface area contributed by atoms with Gasteiger partial charge in [0.1, 0.15) is 5.82 Å². The topological polar surface area (TPSA) is 61.4 Å². The third-order valence-electron chi connectivity index (χ3n) is 3.84. The summed E-state index contributed by atoms with van der Waals surface area (Å²) in [7, 11) is 0. The first-order valence-corrected chi connectivity index (χ1v) is 7.52. The Labute approximate surface area is 124 Å². The van der Waals surface area contributed by atoms with Crippen molar-refractivity contribution in [3.63, 3.8) is 0 Å². The summed E-state index contributed by atoms with van der Waals surface area (Å²) in [6.07, 6.45) is 3.47. The molecule has 0 aromatic heterocycles. The van der Waals surface area contributed by atoms with Crippen molar-refractivity contribution in [2.24, 2.45) is 0 Å². The maximum atomic E-state index is 13.1. The predicted octanol–water partition coefficient (Wildman–Crippen LogP) is 2.36. The molecular formula is C16H23FN2O2. The summed E-state index contributed by atoms with van der Waals surface area (Å²) in [6.45, 7) is 1.90. The number of carbonyl (C=O) groups excluding carboxylic acids is 1. The molecule has 0 aliphatic heterocycles. The molecule has 3 N–H and O–H groups in total. The van der Waals surface area contributed by atoms with Crippen LogP contribution in [-0.4, -0.2) is 29.3 Å². The van der Waals surface area contributed by atoms with Crippen LogP contribution in [0.4, 0.5) is 9.18 Å². The van der Waals surface area contributed by atoms with Gasteiger partial charge in [0.2, 0.25) is 0 Å². The van der Waals surface area contributed by atoms with Gasteiger partial charge in [-0.2, -0.15) is 0 Å². The largest absolute Gasteiger partial charge is 0.393 e. The van der Waals surface area contributed by atoms with Gasteiger partial charge >= 0.3 is 6.03 Å². The summed E-state index contributed by atoms with van der Waals surface area (Å²) in [5, 5.41) is 15.2. The zero-order valence-electron chi connectivity index (χ0n) is 12.3. The van der Waals surface area contributed by atoms with Crippen molar-refractivity contribution in [1.82, 2.24) is 10.6 Å². The molecule has 0 spiro atoms. The van der Waals surface area contributed by atoms with E-state index in [1.807, 2.05) is 13.0 Å². The normalized spacial score (nSPS) is 23.4. The van der Waals surface area contributed by atoms with Crippen molar-refractivity contribution in [2.75, 3.05) is 0 Å². The second kappa shape index (κ2) is 7.41. The fourth-order valence-electron chi connectivity index (χ4n) is 2.74. The number of hydrogen-bond donors (Lipinski definition) is 3. The van der Waals surface area contributed by atoms with E-state index in [-0.39, 0.29) is 30.0 Å². The Bertz CT molecular complexity index is 473. The molecule has 1 aliphatic rings. The van der Waals surface area contributed by atoms with Crippen LogP contribution in [0, 0.1) is 5.82 Å². The fourth-order valence-corrected chi connectivity index (χ4v) is 2.74. The minimum absolute atomic E-state index is 0.0685. The number of benzene rings is 1. The molecule has 1 unspecified atom stereocenters. The summed E-state index contributed by atoms with van der Waals surface area (Å²) in [5.41, 5.74) is 0.864. The molecule has 1 saturated carbocycles. The summed E-state index contributed by atoms with van der Waals surface area (Å²) in [6, 6.07) is 6.28. The van der Waals surface area contributed by atoms with Gasteiger partial charge in [-0.05, 0) is 56.7 Å². The van der Waals surface area contributed by atoms with E-state index in [1.165, 1.54) is 12.1 Å². The van der Waals surface area contributed by atoms with Crippen LogP contribution in [0.5, 0.6) is 0 Å². The zero-order valence-corrected chi connectivity index (χ0v) is 12.3. The van der Waals surface area contributed by atoms with Crippen molar-refractivity contribution in [1.29, 1.82) is 0 Å². The number of aliphatic hydroxyl groups excluding tert-OH is 1. The van der Waals surface area contributed by atoms with Gasteiger partial charge in [-0.15, -0.1) is 0 Å². The Morgan fingerprint density at radius 2 is 2.10 bits per heavy atom. The van der Waals surface area contributed by atoms with Crippen molar-refractivity contribution in [2.45, 2.75) is 57.2 Å². The van der Waals surface area contributed by atoms with Crippen molar-refractivity contribution in [3.8, 4) is 0 Å². The monoisotopic (exact) mass is 294 g/mol. The number of halogens is 1. The van der Waals surface area contributed by atoms with Gasteiger partial charge in [-0.25, -0.2) is 9.18 Å². The fraction of sp³-hybridized carbons (Fsp3) is 0.562. The number of carbonyl (C=O) groups is 1. The highest BCUT2D eigenvalue weighted by Gasteiger charge is 2.21. The molecule has 116 valence electrons. The number of hydrogen-bond acceptors (Lipinski definition) is 2. The van der Waals surface area contributed by atoms with Crippen molar-refractivity contribution < 1.29 is 14.3 Å². The number of urea groups is 1. The van der Waals surface area contributed by atoms with Crippen LogP contribution in [0.1, 0.15) is 38.2 Å². The second-order valence-corrected chi connectivity index (χ2v) is 5.86. The van der Waals surface area contributed by atoms with Crippen molar-refractivity contribution in [3.05, 3.63) is 35.6 Å². The first-order valence-electron chi connectivity index (χ1n) is 7.52. The number of rotatable bonds is 4. The van der Waals surface area contributed by atoms with Gasteiger partial charge in [0, 0.05) is 12.1 Å². The summed E-state index contributed by atoms with van der Waals surface area (Å²) in [5.74, 6) is -0.259. The minimum Gasteiger partial charge on any atom is -0.393 e. The Kier molecular flexibility index (Phi) is 5.56. The van der Waals surface area contributed by atoms with E-state index in [4.69, 9.17) is 0 Å². The van der Waals surface area contributed by atoms with Crippen LogP contribution < -0.4 is 10.6 Å². The summed E-state index contributed by atoms with van der Waals surface area (Å²) < 4.78 is 13.1. The number of amides is 2. The highest BCUT2D eigenvalue weighted by atomic mass is 19.1. The van der Waals surface area contributed by atoms with Crippen molar-refractivity contribution >= 4 is 6.03 Å². The van der Waals surface area contributed by atoms with E-state index >= 15 is 0 Å². The lowest BCUT2D eigenvalue weighted by Crippen LogP contribution is -2.47. The van der Waals surface area contributed by atoms with Crippen LogP contribution in [0.15, 0.2) is 24.3 Å². The third kappa shape index (κ3) is 5.34. The molecule has 1 fully saturated rings. The van der Waals surface area contributed by atoms with E-state index < -0.39 is 0 Å². The van der Waals surface area contributed by atoms with Crippen LogP contribution in [0.25, 0.3) is 0 Å². The van der Waals surface area contributed by atoms with Gasteiger partial charge in [0.15, 0.2) is 0 Å². The molecular weight excluding hydrogens is 271 g/mol. The second-order valence-electron chi connectivity index (χ2n) is 5.86. The van der Waals surface area contributed by atoms with Gasteiger partial charge in [-0.1, -0.05) is 12.1 Å². The average molecular weight is 294 g/mol. The van der Waals surface area contributed by atoms with E-state index in [0.29, 0.717) is 6.42 Å². The van der Waals surface area contributed by atoms with Crippen LogP contribution in [0.2, 0.25) is 0 Å². The highest BCUT2D eigenvalue weighted by molar-refractivity contribution is 5.74. The molecule has 1 aromatic rings. The summed E-state index contributed by atoms with van der Waals surface area (Å²) in [4.78, 5) is 11.9. The molecule has 2 rings (SSSR count). The lowest BCUT2D eigenvalue weighted by atomic mass is 9.93. The molecule has 1 aliphatic carbocycles. The van der Waals surface area contributed by atoms with Gasteiger partial charge in [0.05, 0.1) is 6.10 Å². The van der Waals surface area contributed by atoms with Gasteiger partial charge in [0.25, 0.3) is 0 Å². The molecule has 5 heteroatoms. The Morgan fingerprint density at radius 3 is 2.76 bits per heavy atom. The van der Waals surface area contributed by atoms with Gasteiger partial charge < -0.3 is 15.7 Å². The predicted molar refractivity (Wildman–Crippen MR) is 79.5 cm³/mol. The number of aliphatic hydroxyl groups is 1. The molecule has 0 radical (unpaired) electrons. The maximum absolute atomic E-state index is 13.1. The third-order valence-corrected chi connectivity index (χ3v) is 3.84. The standard InChI is InChI=1S/C16H23FN2O2/c1-11(9-12-3-2-4-13(17)10-12)18-16(21)19-14-5-7-15(20)8-6-14/h2-4,10-11,14-15,20H,5-9H2,1H3,(H2,18,19,21). The highest BCUT2D eigenvalue weighted by Crippen LogP contribution is 2.18. The molecule has 0 bridgehead atoms. The van der Waals surface area contributed by atoms with Crippen LogP contribution in [-0.2, 0) is 6.42 Å². The Morgan fingerprint density at radius 1 is 1.38 bits per heavy atom. The molecule has 0 heterocycles. The van der Waals surface area contributed by atoms with E-state index in [0.717, 1.165) is 31.2 Å². The lowest BCUT2D eigenvalue weighted by Gasteiger charge is -2.27. The molecule has 1 atom stereocenters. The molecule has 1 aromatic carbocycles. The summed E-state index contributed by atoms with van der Waals surface area (Å²) >= 11 is 0. The Balaban J connectivity index is 1.74. The van der Waals surface area contributed by atoms with Crippen LogP contribution in [0.3, 0.4) is 0 Å². The Hall–Kier alpha value is -1.62. The van der Waals surface area contributed by atoms with E-state index in [2.05, 4.69) is 10.6 Å².